The number of anilines is 2. The lowest BCUT2D eigenvalue weighted by Crippen LogP contribution is -2.34. The molecule has 1 heterocycles. The predicted molar refractivity (Wildman–Crippen MR) is 136 cm³/mol. The minimum absolute atomic E-state index is 0.0313. The second kappa shape index (κ2) is 9.90. The summed E-state index contributed by atoms with van der Waals surface area (Å²) in [4.78, 5) is 45.0. The highest BCUT2D eigenvalue weighted by Gasteiger charge is 2.35. The third-order valence-electron chi connectivity index (χ3n) is 5.79. The van der Waals surface area contributed by atoms with E-state index in [1.54, 1.807) is 30.1 Å². The number of nitrogens with zero attached hydrogens (tertiary/aromatic N) is 3. The summed E-state index contributed by atoms with van der Waals surface area (Å²) in [6.07, 6.45) is 0. The Hall–Kier alpha value is -4.30. The van der Waals surface area contributed by atoms with Gasteiger partial charge in [-0.15, -0.1) is 0 Å². The Morgan fingerprint density at radius 3 is 2.26 bits per heavy atom. The number of carboxylic acid groups (broad SMARTS) is 1. The normalized spacial score (nSPS) is 15.0. The molecule has 3 aromatic rings. The SMILES string of the molecule is CN(C)CC(=O)N(C)c1ccc(N=C(c2ccccc2)C2C(=O)Nc3cc(C(=O)O)ccc32)cc1. The van der Waals surface area contributed by atoms with Crippen LogP contribution in [0.25, 0.3) is 0 Å². The number of aromatic carboxylic acids is 1. The summed E-state index contributed by atoms with van der Waals surface area (Å²) < 4.78 is 0. The largest absolute Gasteiger partial charge is 0.478 e. The maximum absolute atomic E-state index is 13.0. The molecule has 2 N–H and O–H groups in total. The molecule has 35 heavy (non-hydrogen) atoms. The molecule has 0 spiro atoms. The highest BCUT2D eigenvalue weighted by Crippen LogP contribution is 2.37. The Bertz CT molecular complexity index is 1300. The number of nitrogens with one attached hydrogen (secondary N) is 1. The zero-order chi connectivity index (χ0) is 25.1. The van der Waals surface area contributed by atoms with Crippen molar-refractivity contribution in [1.29, 1.82) is 0 Å². The van der Waals surface area contributed by atoms with Crippen LogP contribution in [-0.4, -0.2) is 61.2 Å². The van der Waals surface area contributed by atoms with Gasteiger partial charge in [-0.25, -0.2) is 4.79 Å². The highest BCUT2D eigenvalue weighted by molar-refractivity contribution is 6.24. The van der Waals surface area contributed by atoms with Gasteiger partial charge in [-0.05, 0) is 61.6 Å². The van der Waals surface area contributed by atoms with Crippen molar-refractivity contribution in [2.75, 3.05) is 37.9 Å². The standard InChI is InChI=1S/C27H26N4O4/c1-30(2)16-23(32)31(3)20-12-10-19(11-13-20)28-25(17-7-5-4-6-8-17)24-21-14-9-18(27(34)35)15-22(21)29-26(24)33/h4-15,24H,16H2,1-3H3,(H,29,33)(H,34,35). The quantitative estimate of drug-likeness (QED) is 0.512. The van der Waals surface area contributed by atoms with E-state index in [9.17, 15) is 19.5 Å². The summed E-state index contributed by atoms with van der Waals surface area (Å²) in [5.74, 6) is -2.05. The molecular weight excluding hydrogens is 444 g/mol. The van der Waals surface area contributed by atoms with Gasteiger partial charge in [0.15, 0.2) is 0 Å². The maximum Gasteiger partial charge on any atom is 0.335 e. The first-order chi connectivity index (χ1) is 16.7. The van der Waals surface area contributed by atoms with Crippen molar-refractivity contribution in [3.63, 3.8) is 0 Å². The van der Waals surface area contributed by atoms with Gasteiger partial charge in [-0.3, -0.25) is 14.6 Å². The fraction of sp³-hybridized carbons (Fsp3) is 0.185. The number of carbonyl (C=O) groups excluding carboxylic acids is 2. The van der Waals surface area contributed by atoms with Crippen molar-refractivity contribution < 1.29 is 19.5 Å². The maximum atomic E-state index is 13.0. The lowest BCUT2D eigenvalue weighted by Gasteiger charge is -2.20. The number of amides is 2. The number of hydrogen-bond donors (Lipinski definition) is 2. The van der Waals surface area contributed by atoms with Crippen molar-refractivity contribution in [3.05, 3.63) is 89.5 Å². The lowest BCUT2D eigenvalue weighted by molar-refractivity contribution is -0.119. The van der Waals surface area contributed by atoms with Crippen molar-refractivity contribution in [3.8, 4) is 0 Å². The lowest BCUT2D eigenvalue weighted by atomic mass is 9.90. The third kappa shape index (κ3) is 5.12. The molecule has 0 saturated heterocycles. The molecule has 1 aliphatic rings. The van der Waals surface area contributed by atoms with Crippen LogP contribution in [0.3, 0.4) is 0 Å². The zero-order valence-electron chi connectivity index (χ0n) is 19.7. The van der Waals surface area contributed by atoms with Gasteiger partial charge in [0.1, 0.15) is 5.92 Å². The molecular formula is C27H26N4O4. The molecule has 8 heteroatoms. The smallest absolute Gasteiger partial charge is 0.335 e. The van der Waals surface area contributed by atoms with Gasteiger partial charge >= 0.3 is 5.97 Å². The molecule has 0 bridgehead atoms. The van der Waals surface area contributed by atoms with Crippen LogP contribution in [0.2, 0.25) is 0 Å². The Morgan fingerprint density at radius 1 is 0.943 bits per heavy atom. The van der Waals surface area contributed by atoms with E-state index in [0.717, 1.165) is 11.3 Å². The topological polar surface area (TPSA) is 102 Å². The molecule has 1 unspecified atom stereocenters. The molecule has 178 valence electrons. The van der Waals surface area contributed by atoms with Crippen LogP contribution in [-0.2, 0) is 9.59 Å². The van der Waals surface area contributed by atoms with Crippen LogP contribution in [0, 0.1) is 0 Å². The first-order valence-corrected chi connectivity index (χ1v) is 11.1. The van der Waals surface area contributed by atoms with E-state index in [-0.39, 0.29) is 17.4 Å². The number of aliphatic imine (C=N–C) groups is 1. The van der Waals surface area contributed by atoms with E-state index >= 15 is 0 Å². The fourth-order valence-electron chi connectivity index (χ4n) is 3.98. The number of hydrogen-bond acceptors (Lipinski definition) is 5. The second-order valence-corrected chi connectivity index (χ2v) is 8.60. The number of rotatable bonds is 7. The molecule has 0 fully saturated rings. The van der Waals surface area contributed by atoms with E-state index in [1.807, 2.05) is 61.5 Å². The van der Waals surface area contributed by atoms with Gasteiger partial charge in [0.2, 0.25) is 11.8 Å². The summed E-state index contributed by atoms with van der Waals surface area (Å²) in [7, 11) is 5.41. The Morgan fingerprint density at radius 2 is 1.63 bits per heavy atom. The fourth-order valence-corrected chi connectivity index (χ4v) is 3.98. The van der Waals surface area contributed by atoms with Gasteiger partial charge in [0.25, 0.3) is 0 Å². The van der Waals surface area contributed by atoms with Crippen LogP contribution < -0.4 is 10.2 Å². The van der Waals surface area contributed by atoms with Gasteiger partial charge in [-0.1, -0.05) is 36.4 Å². The Labute approximate surface area is 203 Å². The summed E-state index contributed by atoms with van der Waals surface area (Å²) >= 11 is 0. The van der Waals surface area contributed by atoms with E-state index in [0.29, 0.717) is 29.2 Å². The second-order valence-electron chi connectivity index (χ2n) is 8.60. The summed E-state index contributed by atoms with van der Waals surface area (Å²) in [6, 6.07) is 21.3. The summed E-state index contributed by atoms with van der Waals surface area (Å²) in [5.41, 5.74) is 3.95. The van der Waals surface area contributed by atoms with Gasteiger partial charge in [0.05, 0.1) is 23.5 Å². The number of carbonyl (C=O) groups is 3. The van der Waals surface area contributed by atoms with Crippen molar-refractivity contribution in [1.82, 2.24) is 4.90 Å². The summed E-state index contributed by atoms with van der Waals surface area (Å²) in [5, 5.41) is 12.1. The van der Waals surface area contributed by atoms with Crippen LogP contribution in [0.5, 0.6) is 0 Å². The molecule has 0 radical (unpaired) electrons. The van der Waals surface area contributed by atoms with Crippen LogP contribution in [0.4, 0.5) is 17.1 Å². The van der Waals surface area contributed by atoms with Gasteiger partial charge in [-0.2, -0.15) is 0 Å². The molecule has 4 rings (SSSR count). The van der Waals surface area contributed by atoms with E-state index < -0.39 is 11.9 Å². The predicted octanol–water partition coefficient (Wildman–Crippen LogP) is 3.77. The third-order valence-corrected chi connectivity index (χ3v) is 5.79. The van der Waals surface area contributed by atoms with Crippen molar-refractivity contribution >= 4 is 40.6 Å². The Balaban J connectivity index is 1.72. The molecule has 3 aromatic carbocycles. The van der Waals surface area contributed by atoms with Crippen LogP contribution >= 0.6 is 0 Å². The Kier molecular flexibility index (Phi) is 6.75. The average Bonchev–Trinajstić information content (AvgIpc) is 3.17. The average molecular weight is 471 g/mol. The van der Waals surface area contributed by atoms with Crippen LogP contribution in [0.1, 0.15) is 27.4 Å². The molecule has 0 aromatic heterocycles. The monoisotopic (exact) mass is 470 g/mol. The number of carboxylic acids is 1. The minimum atomic E-state index is -1.06. The van der Waals surface area contributed by atoms with Crippen LogP contribution in [0.15, 0.2) is 77.8 Å². The van der Waals surface area contributed by atoms with E-state index in [2.05, 4.69) is 5.32 Å². The van der Waals surface area contributed by atoms with Gasteiger partial charge in [0, 0.05) is 18.4 Å². The molecule has 1 aliphatic heterocycles. The first-order valence-electron chi connectivity index (χ1n) is 11.1. The number of likely N-dealkylation sites (N-methyl/N-ethyl adjacent to an activating group) is 2. The van der Waals surface area contributed by atoms with E-state index in [1.165, 1.54) is 12.1 Å². The number of fused-ring (bicyclic) bond motifs is 1. The van der Waals surface area contributed by atoms with E-state index in [4.69, 9.17) is 4.99 Å². The highest BCUT2D eigenvalue weighted by atomic mass is 16.4. The van der Waals surface area contributed by atoms with Crippen molar-refractivity contribution in [2.24, 2.45) is 4.99 Å². The molecule has 2 amide bonds. The minimum Gasteiger partial charge on any atom is -0.478 e. The molecule has 1 atom stereocenters. The molecule has 0 saturated carbocycles. The summed E-state index contributed by atoms with van der Waals surface area (Å²) in [6.45, 7) is 0.300. The van der Waals surface area contributed by atoms with Crippen molar-refractivity contribution in [2.45, 2.75) is 5.92 Å². The zero-order valence-corrected chi connectivity index (χ0v) is 19.7. The molecule has 8 nitrogen and oxygen atoms in total. The van der Waals surface area contributed by atoms with Gasteiger partial charge < -0.3 is 20.2 Å². The first kappa shape index (κ1) is 23.8. The molecule has 0 aliphatic carbocycles. The number of benzene rings is 3.